The van der Waals surface area contributed by atoms with E-state index in [-0.39, 0.29) is 23.1 Å². The summed E-state index contributed by atoms with van der Waals surface area (Å²) in [5.74, 6) is 0.115. The van der Waals surface area contributed by atoms with Crippen molar-refractivity contribution in [3.8, 4) is 0 Å². The van der Waals surface area contributed by atoms with E-state index in [2.05, 4.69) is 5.32 Å². The van der Waals surface area contributed by atoms with Crippen LogP contribution < -0.4 is 11.1 Å². The predicted molar refractivity (Wildman–Crippen MR) is 75.4 cm³/mol. The van der Waals surface area contributed by atoms with Gasteiger partial charge in [0, 0.05) is 25.0 Å². The van der Waals surface area contributed by atoms with Crippen LogP contribution in [0.5, 0.6) is 0 Å². The van der Waals surface area contributed by atoms with Gasteiger partial charge in [-0.3, -0.25) is 9.59 Å². The monoisotopic (exact) mass is 269 g/mol. The van der Waals surface area contributed by atoms with Crippen molar-refractivity contribution in [1.29, 1.82) is 0 Å². The first kappa shape index (κ1) is 16.0. The van der Waals surface area contributed by atoms with Crippen LogP contribution in [-0.2, 0) is 9.59 Å². The summed E-state index contributed by atoms with van der Waals surface area (Å²) in [6.07, 6.45) is 2.56. The quantitative estimate of drug-likeness (QED) is 0.739. The van der Waals surface area contributed by atoms with Gasteiger partial charge in [0.05, 0.1) is 5.92 Å². The van der Waals surface area contributed by atoms with Crippen LogP contribution in [0, 0.1) is 11.3 Å². The Balaban J connectivity index is 2.50. The molecule has 1 aliphatic heterocycles. The summed E-state index contributed by atoms with van der Waals surface area (Å²) in [5, 5.41) is 2.89. The molecular formula is C14H27N3O2. The third-order valence-electron chi connectivity index (χ3n) is 3.40. The Labute approximate surface area is 115 Å². The van der Waals surface area contributed by atoms with Crippen LogP contribution in [0.3, 0.4) is 0 Å². The van der Waals surface area contributed by atoms with E-state index in [0.717, 1.165) is 25.8 Å². The van der Waals surface area contributed by atoms with Crippen molar-refractivity contribution in [2.75, 3.05) is 26.2 Å². The Morgan fingerprint density at radius 1 is 1.37 bits per heavy atom. The van der Waals surface area contributed by atoms with Crippen LogP contribution in [0.25, 0.3) is 0 Å². The molecule has 1 aliphatic rings. The summed E-state index contributed by atoms with van der Waals surface area (Å²) in [5.41, 5.74) is 5.02. The van der Waals surface area contributed by atoms with E-state index in [1.165, 1.54) is 0 Å². The fraction of sp³-hybridized carbons (Fsp3) is 0.857. The first-order valence-electron chi connectivity index (χ1n) is 7.13. The standard InChI is InChI=1S/C14H27N3O2/c1-14(2,3)13(19)17-9-4-6-11(10-17)12(18)16-8-5-7-15/h11H,4-10,15H2,1-3H3,(H,16,18). The average Bonchev–Trinajstić information content (AvgIpc) is 2.37. The third kappa shape index (κ3) is 4.82. The molecule has 0 radical (unpaired) electrons. The lowest BCUT2D eigenvalue weighted by atomic mass is 9.91. The van der Waals surface area contributed by atoms with Gasteiger partial charge in [0.1, 0.15) is 0 Å². The van der Waals surface area contributed by atoms with E-state index in [9.17, 15) is 9.59 Å². The highest BCUT2D eigenvalue weighted by molar-refractivity contribution is 5.83. The molecule has 1 unspecified atom stereocenters. The number of hydrogen-bond acceptors (Lipinski definition) is 3. The Hall–Kier alpha value is -1.10. The number of amides is 2. The van der Waals surface area contributed by atoms with Gasteiger partial charge < -0.3 is 16.0 Å². The van der Waals surface area contributed by atoms with Crippen LogP contribution in [0.4, 0.5) is 0 Å². The number of carbonyl (C=O) groups is 2. The molecule has 0 bridgehead atoms. The molecule has 3 N–H and O–H groups in total. The van der Waals surface area contributed by atoms with E-state index in [1.807, 2.05) is 25.7 Å². The third-order valence-corrected chi connectivity index (χ3v) is 3.40. The van der Waals surface area contributed by atoms with Gasteiger partial charge in [0.15, 0.2) is 0 Å². The zero-order chi connectivity index (χ0) is 14.5. The van der Waals surface area contributed by atoms with Crippen LogP contribution >= 0.6 is 0 Å². The first-order chi connectivity index (χ1) is 8.86. The number of piperidine rings is 1. The summed E-state index contributed by atoms with van der Waals surface area (Å²) in [7, 11) is 0. The maximum absolute atomic E-state index is 12.2. The van der Waals surface area contributed by atoms with Crippen molar-refractivity contribution in [2.24, 2.45) is 17.1 Å². The molecule has 0 aromatic carbocycles. The molecule has 1 atom stereocenters. The number of rotatable bonds is 4. The van der Waals surface area contributed by atoms with Crippen molar-refractivity contribution in [2.45, 2.75) is 40.0 Å². The molecule has 2 amide bonds. The topological polar surface area (TPSA) is 75.4 Å². The van der Waals surface area contributed by atoms with Crippen molar-refractivity contribution in [3.63, 3.8) is 0 Å². The van der Waals surface area contributed by atoms with Gasteiger partial charge in [0.25, 0.3) is 0 Å². The lowest BCUT2D eigenvalue weighted by molar-refractivity contribution is -0.142. The summed E-state index contributed by atoms with van der Waals surface area (Å²) in [4.78, 5) is 26.1. The van der Waals surface area contributed by atoms with E-state index in [1.54, 1.807) is 0 Å². The van der Waals surface area contributed by atoms with Gasteiger partial charge in [-0.25, -0.2) is 0 Å². The summed E-state index contributed by atoms with van der Waals surface area (Å²) in [6.45, 7) is 8.27. The maximum Gasteiger partial charge on any atom is 0.227 e. The molecule has 110 valence electrons. The second-order valence-electron chi connectivity index (χ2n) is 6.27. The van der Waals surface area contributed by atoms with Gasteiger partial charge in [-0.2, -0.15) is 0 Å². The van der Waals surface area contributed by atoms with Gasteiger partial charge >= 0.3 is 0 Å². The average molecular weight is 269 g/mol. The molecule has 0 saturated carbocycles. The number of hydrogen-bond donors (Lipinski definition) is 2. The highest BCUT2D eigenvalue weighted by Gasteiger charge is 2.33. The maximum atomic E-state index is 12.2. The van der Waals surface area contributed by atoms with Crippen molar-refractivity contribution < 1.29 is 9.59 Å². The zero-order valence-electron chi connectivity index (χ0n) is 12.4. The summed E-state index contributed by atoms with van der Waals surface area (Å²) in [6, 6.07) is 0. The van der Waals surface area contributed by atoms with Crippen LogP contribution in [-0.4, -0.2) is 42.9 Å². The molecule has 1 rings (SSSR count). The van der Waals surface area contributed by atoms with Crippen molar-refractivity contribution >= 4 is 11.8 Å². The number of nitrogens with two attached hydrogens (primary N) is 1. The van der Waals surface area contributed by atoms with Gasteiger partial charge in [-0.1, -0.05) is 20.8 Å². The minimum atomic E-state index is -0.377. The lowest BCUT2D eigenvalue weighted by Gasteiger charge is -2.35. The minimum absolute atomic E-state index is 0.0554. The fourth-order valence-electron chi connectivity index (χ4n) is 2.31. The highest BCUT2D eigenvalue weighted by atomic mass is 16.2. The van der Waals surface area contributed by atoms with E-state index in [0.29, 0.717) is 19.6 Å². The summed E-state index contributed by atoms with van der Waals surface area (Å²) < 4.78 is 0. The van der Waals surface area contributed by atoms with Crippen molar-refractivity contribution in [3.05, 3.63) is 0 Å². The summed E-state index contributed by atoms with van der Waals surface area (Å²) >= 11 is 0. The predicted octanol–water partition coefficient (Wildman–Crippen LogP) is 0.736. The molecule has 0 aromatic rings. The molecule has 1 saturated heterocycles. The molecule has 0 spiro atoms. The first-order valence-corrected chi connectivity index (χ1v) is 7.13. The van der Waals surface area contributed by atoms with Gasteiger partial charge in [-0.15, -0.1) is 0 Å². The second kappa shape index (κ2) is 6.89. The van der Waals surface area contributed by atoms with Crippen LogP contribution in [0.1, 0.15) is 40.0 Å². The van der Waals surface area contributed by atoms with E-state index >= 15 is 0 Å². The number of nitrogens with one attached hydrogen (secondary N) is 1. The Morgan fingerprint density at radius 3 is 2.63 bits per heavy atom. The zero-order valence-corrected chi connectivity index (χ0v) is 12.4. The molecule has 5 nitrogen and oxygen atoms in total. The number of nitrogens with zero attached hydrogens (tertiary/aromatic N) is 1. The van der Waals surface area contributed by atoms with Crippen LogP contribution in [0.2, 0.25) is 0 Å². The SMILES string of the molecule is CC(C)(C)C(=O)N1CCCC(C(=O)NCCCN)C1. The van der Waals surface area contributed by atoms with Crippen molar-refractivity contribution in [1.82, 2.24) is 10.2 Å². The number of likely N-dealkylation sites (tertiary alicyclic amines) is 1. The highest BCUT2D eigenvalue weighted by Crippen LogP contribution is 2.23. The number of carbonyl (C=O) groups excluding carboxylic acids is 2. The Kier molecular flexibility index (Phi) is 5.79. The molecule has 0 aliphatic carbocycles. The van der Waals surface area contributed by atoms with E-state index in [4.69, 9.17) is 5.73 Å². The fourth-order valence-corrected chi connectivity index (χ4v) is 2.31. The van der Waals surface area contributed by atoms with Gasteiger partial charge in [-0.05, 0) is 25.8 Å². The van der Waals surface area contributed by atoms with Crippen LogP contribution in [0.15, 0.2) is 0 Å². The largest absolute Gasteiger partial charge is 0.356 e. The lowest BCUT2D eigenvalue weighted by Crippen LogP contribution is -2.48. The smallest absolute Gasteiger partial charge is 0.227 e. The molecule has 1 heterocycles. The molecular weight excluding hydrogens is 242 g/mol. The second-order valence-corrected chi connectivity index (χ2v) is 6.27. The molecule has 5 heteroatoms. The Bertz CT molecular complexity index is 323. The molecule has 19 heavy (non-hydrogen) atoms. The molecule has 0 aromatic heterocycles. The Morgan fingerprint density at radius 2 is 2.05 bits per heavy atom. The van der Waals surface area contributed by atoms with Gasteiger partial charge in [0.2, 0.25) is 11.8 Å². The van der Waals surface area contributed by atoms with E-state index < -0.39 is 0 Å². The normalized spacial score (nSPS) is 20.2. The minimum Gasteiger partial charge on any atom is -0.356 e. The molecule has 1 fully saturated rings.